The molecule has 0 amide bonds. The molecule has 0 radical (unpaired) electrons. The van der Waals surface area contributed by atoms with Crippen LogP contribution in [0.3, 0.4) is 0 Å². The molecule has 0 aromatic heterocycles. The molecule has 1 fully saturated rings. The Morgan fingerprint density at radius 3 is 2.63 bits per heavy atom. The molecule has 1 aliphatic heterocycles. The molecule has 1 heterocycles. The Morgan fingerprint density at radius 2 is 2.00 bits per heavy atom. The van der Waals surface area contributed by atoms with Crippen LogP contribution in [-0.2, 0) is 10.0 Å². The monoisotopic (exact) mass is 299 g/mol. The van der Waals surface area contributed by atoms with Crippen LogP contribution in [-0.4, -0.2) is 31.7 Å². The van der Waals surface area contributed by atoms with Crippen molar-refractivity contribution in [1.29, 1.82) is 0 Å². The zero-order valence-corrected chi connectivity index (χ0v) is 12.4. The number of carbonyl (C=O) groups excluding carboxylic acids is 1. The van der Waals surface area contributed by atoms with E-state index >= 15 is 0 Å². The third-order valence-corrected chi connectivity index (χ3v) is 5.66. The molecule has 0 atom stereocenters. The average molecular weight is 299 g/mol. The van der Waals surface area contributed by atoms with Gasteiger partial charge in [-0.3, -0.25) is 4.79 Å². The molecule has 0 aliphatic carbocycles. The van der Waals surface area contributed by atoms with Crippen LogP contribution in [0.15, 0.2) is 29.2 Å². The topological polar surface area (TPSA) is 63.2 Å². The van der Waals surface area contributed by atoms with Crippen molar-refractivity contribution < 1.29 is 13.2 Å². The number of Topliss-reactive ketones (excluding diaryl/α,β-unsaturated/α-hetero) is 1. The Balaban J connectivity index is 2.18. The van der Waals surface area contributed by atoms with E-state index in [-0.39, 0.29) is 16.7 Å². The first-order chi connectivity index (χ1) is 8.99. The lowest BCUT2D eigenvalue weighted by Gasteiger charge is -2.22. The first kappa shape index (κ1) is 14.6. The van der Waals surface area contributed by atoms with Crippen LogP contribution in [0, 0.1) is 0 Å². The summed E-state index contributed by atoms with van der Waals surface area (Å²) in [6, 6.07) is 6.18. The molecule has 4 nitrogen and oxygen atoms in total. The summed E-state index contributed by atoms with van der Waals surface area (Å²) >= 11 is 1.85. The van der Waals surface area contributed by atoms with E-state index in [4.69, 9.17) is 0 Å². The van der Waals surface area contributed by atoms with Crippen molar-refractivity contribution >= 4 is 27.6 Å². The second-order valence-corrected chi connectivity index (χ2v) is 7.53. The van der Waals surface area contributed by atoms with E-state index in [0.29, 0.717) is 5.56 Å². The van der Waals surface area contributed by atoms with E-state index < -0.39 is 10.0 Å². The fraction of sp³-hybridized carbons (Fsp3) is 0.462. The second kappa shape index (κ2) is 6.07. The number of carbonyl (C=O) groups is 1. The van der Waals surface area contributed by atoms with Gasteiger partial charge in [0.1, 0.15) is 0 Å². The number of thioether (sulfide) groups is 1. The van der Waals surface area contributed by atoms with Gasteiger partial charge in [-0.25, -0.2) is 13.1 Å². The third-order valence-electron chi connectivity index (χ3n) is 3.09. The lowest BCUT2D eigenvalue weighted by molar-refractivity contribution is 0.101. The molecule has 6 heteroatoms. The largest absolute Gasteiger partial charge is 0.295 e. The molecule has 1 aromatic carbocycles. The summed E-state index contributed by atoms with van der Waals surface area (Å²) in [5.41, 5.74) is 0.419. The quantitative estimate of drug-likeness (QED) is 0.864. The maximum Gasteiger partial charge on any atom is 0.240 e. The van der Waals surface area contributed by atoms with Gasteiger partial charge in [0.05, 0.1) is 4.90 Å². The van der Waals surface area contributed by atoms with Gasteiger partial charge in [-0.05, 0) is 43.4 Å². The van der Waals surface area contributed by atoms with Crippen LogP contribution in [0.5, 0.6) is 0 Å². The normalized spacial score (nSPS) is 17.3. The minimum Gasteiger partial charge on any atom is -0.295 e. The van der Waals surface area contributed by atoms with E-state index in [1.54, 1.807) is 12.1 Å². The zero-order valence-electron chi connectivity index (χ0n) is 10.8. The Morgan fingerprint density at radius 1 is 1.32 bits per heavy atom. The molecule has 19 heavy (non-hydrogen) atoms. The molecule has 1 aliphatic rings. The van der Waals surface area contributed by atoms with Gasteiger partial charge < -0.3 is 0 Å². The number of hydrogen-bond acceptors (Lipinski definition) is 4. The molecule has 1 aromatic rings. The summed E-state index contributed by atoms with van der Waals surface area (Å²) in [5.74, 6) is 1.84. The molecule has 0 spiro atoms. The third kappa shape index (κ3) is 3.81. The van der Waals surface area contributed by atoms with Gasteiger partial charge in [0.2, 0.25) is 10.0 Å². The van der Waals surface area contributed by atoms with Crippen molar-refractivity contribution in [2.75, 3.05) is 11.5 Å². The van der Waals surface area contributed by atoms with Crippen molar-refractivity contribution in [2.45, 2.75) is 30.7 Å². The SMILES string of the molecule is CC(=O)c1cccc(S(=O)(=O)NC2CCSCC2)c1. The van der Waals surface area contributed by atoms with Crippen LogP contribution in [0.4, 0.5) is 0 Å². The van der Waals surface area contributed by atoms with Gasteiger partial charge in [-0.2, -0.15) is 11.8 Å². The van der Waals surface area contributed by atoms with E-state index in [0.717, 1.165) is 24.3 Å². The summed E-state index contributed by atoms with van der Waals surface area (Å²) in [6.07, 6.45) is 1.71. The Labute approximate surface area is 118 Å². The van der Waals surface area contributed by atoms with E-state index in [1.165, 1.54) is 19.1 Å². The zero-order chi connectivity index (χ0) is 13.9. The minimum absolute atomic E-state index is 0.00670. The van der Waals surface area contributed by atoms with Crippen molar-refractivity contribution in [3.8, 4) is 0 Å². The number of sulfonamides is 1. The van der Waals surface area contributed by atoms with Gasteiger partial charge in [-0.1, -0.05) is 12.1 Å². The lowest BCUT2D eigenvalue weighted by atomic mass is 10.2. The number of hydrogen-bond donors (Lipinski definition) is 1. The fourth-order valence-electron chi connectivity index (χ4n) is 1.99. The van der Waals surface area contributed by atoms with E-state index in [9.17, 15) is 13.2 Å². The molecule has 1 N–H and O–H groups in total. The molecular weight excluding hydrogens is 282 g/mol. The summed E-state index contributed by atoms with van der Waals surface area (Å²) in [5, 5.41) is 0. The molecule has 0 saturated carbocycles. The molecule has 0 unspecified atom stereocenters. The number of nitrogens with one attached hydrogen (secondary N) is 1. The summed E-state index contributed by atoms with van der Waals surface area (Å²) in [6.45, 7) is 1.43. The van der Waals surface area contributed by atoms with Crippen LogP contribution in [0.1, 0.15) is 30.1 Å². The molecule has 2 rings (SSSR count). The van der Waals surface area contributed by atoms with Gasteiger partial charge in [0, 0.05) is 11.6 Å². The first-order valence-corrected chi connectivity index (χ1v) is 8.84. The van der Waals surface area contributed by atoms with Crippen LogP contribution < -0.4 is 4.72 Å². The van der Waals surface area contributed by atoms with Crippen molar-refractivity contribution in [2.24, 2.45) is 0 Å². The van der Waals surface area contributed by atoms with Crippen molar-refractivity contribution in [3.05, 3.63) is 29.8 Å². The van der Waals surface area contributed by atoms with E-state index in [1.807, 2.05) is 11.8 Å². The maximum atomic E-state index is 12.2. The minimum atomic E-state index is -3.53. The van der Waals surface area contributed by atoms with Gasteiger partial charge in [0.25, 0.3) is 0 Å². The average Bonchev–Trinajstić information content (AvgIpc) is 2.39. The Kier molecular flexibility index (Phi) is 4.65. The molecule has 104 valence electrons. The number of ketones is 1. The van der Waals surface area contributed by atoms with E-state index in [2.05, 4.69) is 4.72 Å². The highest BCUT2D eigenvalue weighted by Crippen LogP contribution is 2.19. The van der Waals surface area contributed by atoms with Crippen molar-refractivity contribution in [1.82, 2.24) is 4.72 Å². The predicted molar refractivity (Wildman–Crippen MR) is 77.1 cm³/mol. The second-order valence-electron chi connectivity index (χ2n) is 4.59. The maximum absolute atomic E-state index is 12.2. The van der Waals surface area contributed by atoms with Crippen LogP contribution in [0.2, 0.25) is 0 Å². The highest BCUT2D eigenvalue weighted by Gasteiger charge is 2.22. The van der Waals surface area contributed by atoms with Crippen LogP contribution in [0.25, 0.3) is 0 Å². The number of rotatable bonds is 4. The first-order valence-electron chi connectivity index (χ1n) is 6.20. The van der Waals surface area contributed by atoms with Gasteiger partial charge >= 0.3 is 0 Å². The summed E-state index contributed by atoms with van der Waals surface area (Å²) in [7, 11) is -3.53. The highest BCUT2D eigenvalue weighted by atomic mass is 32.2. The van der Waals surface area contributed by atoms with Crippen LogP contribution >= 0.6 is 11.8 Å². The predicted octanol–water partition coefficient (Wildman–Crippen LogP) is 2.06. The highest BCUT2D eigenvalue weighted by molar-refractivity contribution is 7.99. The summed E-state index contributed by atoms with van der Waals surface area (Å²) in [4.78, 5) is 11.5. The standard InChI is InChI=1S/C13H17NO3S2/c1-10(15)11-3-2-4-13(9-11)19(16,17)14-12-5-7-18-8-6-12/h2-4,9,12,14H,5-8H2,1H3. The Hall–Kier alpha value is -0.850. The fourth-order valence-corrected chi connectivity index (χ4v) is 4.44. The Bertz CT molecular complexity index is 563. The van der Waals surface area contributed by atoms with Crippen molar-refractivity contribution in [3.63, 3.8) is 0 Å². The van der Waals surface area contributed by atoms with Gasteiger partial charge in [0.15, 0.2) is 5.78 Å². The smallest absolute Gasteiger partial charge is 0.240 e. The molecule has 0 bridgehead atoms. The molecular formula is C13H17NO3S2. The molecule has 1 saturated heterocycles. The van der Waals surface area contributed by atoms with Gasteiger partial charge in [-0.15, -0.1) is 0 Å². The number of benzene rings is 1. The lowest BCUT2D eigenvalue weighted by Crippen LogP contribution is -2.37. The summed E-state index contributed by atoms with van der Waals surface area (Å²) < 4.78 is 27.2.